The lowest BCUT2D eigenvalue weighted by molar-refractivity contribution is 0.690. The van der Waals surface area contributed by atoms with Crippen molar-refractivity contribution in [3.05, 3.63) is 23.4 Å². The zero-order chi connectivity index (χ0) is 11.7. The van der Waals surface area contributed by atoms with Crippen molar-refractivity contribution >= 4 is 23.0 Å². The summed E-state index contributed by atoms with van der Waals surface area (Å²) in [6.45, 7) is 4.15. The fourth-order valence-corrected chi connectivity index (χ4v) is 1.95. The Morgan fingerprint density at radius 1 is 1.56 bits per heavy atom. The standard InChI is InChI=1S/C12H17N3S/c1-7-5-10(12(13)16)6-11(14-7)15-8(2)9-3-4-9/h5-6,8-9H,3-4H2,1-2H3,(H2,13,16)(H,14,15). The number of anilines is 1. The van der Waals surface area contributed by atoms with Crippen LogP contribution in [0.5, 0.6) is 0 Å². The summed E-state index contributed by atoms with van der Waals surface area (Å²) in [5, 5.41) is 3.41. The highest BCUT2D eigenvalue weighted by molar-refractivity contribution is 7.80. The third-order valence-corrected chi connectivity index (χ3v) is 3.18. The molecular weight excluding hydrogens is 218 g/mol. The smallest absolute Gasteiger partial charge is 0.127 e. The molecule has 0 saturated heterocycles. The van der Waals surface area contributed by atoms with Crippen molar-refractivity contribution in [1.29, 1.82) is 0 Å². The second-order valence-corrected chi connectivity index (χ2v) is 4.96. The van der Waals surface area contributed by atoms with E-state index in [1.165, 1.54) is 12.8 Å². The van der Waals surface area contributed by atoms with Gasteiger partial charge in [-0.25, -0.2) is 4.98 Å². The van der Waals surface area contributed by atoms with Crippen molar-refractivity contribution in [2.75, 3.05) is 5.32 Å². The van der Waals surface area contributed by atoms with Gasteiger partial charge in [-0.15, -0.1) is 0 Å². The second-order valence-electron chi connectivity index (χ2n) is 4.52. The van der Waals surface area contributed by atoms with Crippen LogP contribution in [0.4, 0.5) is 5.82 Å². The van der Waals surface area contributed by atoms with Crippen molar-refractivity contribution in [1.82, 2.24) is 4.98 Å². The molecule has 1 aliphatic rings. The summed E-state index contributed by atoms with van der Waals surface area (Å²) < 4.78 is 0. The molecule has 0 radical (unpaired) electrons. The van der Waals surface area contributed by atoms with Crippen LogP contribution < -0.4 is 11.1 Å². The van der Waals surface area contributed by atoms with Crippen molar-refractivity contribution in [2.45, 2.75) is 32.7 Å². The summed E-state index contributed by atoms with van der Waals surface area (Å²) in [7, 11) is 0. The van der Waals surface area contributed by atoms with Crippen LogP contribution in [-0.4, -0.2) is 16.0 Å². The molecule has 1 aromatic heterocycles. The lowest BCUT2D eigenvalue weighted by Crippen LogP contribution is -2.19. The minimum atomic E-state index is 0.424. The predicted molar refractivity (Wildman–Crippen MR) is 70.7 cm³/mol. The Balaban J connectivity index is 2.16. The van der Waals surface area contributed by atoms with E-state index in [-0.39, 0.29) is 0 Å². The average molecular weight is 235 g/mol. The van der Waals surface area contributed by atoms with Crippen LogP contribution in [0.15, 0.2) is 12.1 Å². The molecule has 0 aliphatic heterocycles. The number of aromatic nitrogens is 1. The molecule has 3 nitrogen and oxygen atoms in total. The van der Waals surface area contributed by atoms with Gasteiger partial charge in [0.2, 0.25) is 0 Å². The first kappa shape index (κ1) is 11.3. The van der Waals surface area contributed by atoms with Crippen molar-refractivity contribution in [3.8, 4) is 0 Å². The first-order valence-corrected chi connectivity index (χ1v) is 6.02. The second kappa shape index (κ2) is 4.37. The molecule has 16 heavy (non-hydrogen) atoms. The van der Waals surface area contributed by atoms with Gasteiger partial charge >= 0.3 is 0 Å². The van der Waals surface area contributed by atoms with Crippen LogP contribution in [0.1, 0.15) is 31.0 Å². The highest BCUT2D eigenvalue weighted by Crippen LogP contribution is 2.33. The summed E-state index contributed by atoms with van der Waals surface area (Å²) in [4.78, 5) is 4.86. The summed E-state index contributed by atoms with van der Waals surface area (Å²) >= 11 is 4.98. The lowest BCUT2D eigenvalue weighted by atomic mass is 10.2. The van der Waals surface area contributed by atoms with Crippen LogP contribution in [0.25, 0.3) is 0 Å². The fraction of sp³-hybridized carbons (Fsp3) is 0.500. The van der Waals surface area contributed by atoms with Crippen molar-refractivity contribution < 1.29 is 0 Å². The first-order valence-electron chi connectivity index (χ1n) is 5.61. The highest BCUT2D eigenvalue weighted by Gasteiger charge is 2.28. The Labute approximate surface area is 101 Å². The Kier molecular flexibility index (Phi) is 3.10. The minimum absolute atomic E-state index is 0.424. The molecule has 0 bridgehead atoms. The number of nitrogens with one attached hydrogen (secondary N) is 1. The van der Waals surface area contributed by atoms with E-state index in [2.05, 4.69) is 17.2 Å². The zero-order valence-corrected chi connectivity index (χ0v) is 10.5. The summed E-state index contributed by atoms with van der Waals surface area (Å²) in [5.41, 5.74) is 7.45. The van der Waals surface area contributed by atoms with Crippen LogP contribution in [-0.2, 0) is 0 Å². The van der Waals surface area contributed by atoms with Gasteiger partial charge in [0.15, 0.2) is 0 Å². The average Bonchev–Trinajstić information content (AvgIpc) is 2.99. The number of hydrogen-bond acceptors (Lipinski definition) is 3. The number of pyridine rings is 1. The number of thiocarbonyl (C=S) groups is 1. The third-order valence-electron chi connectivity index (χ3n) is 2.94. The molecule has 3 N–H and O–H groups in total. The van der Waals surface area contributed by atoms with E-state index in [1.54, 1.807) is 0 Å². The van der Waals surface area contributed by atoms with Crippen molar-refractivity contribution in [2.24, 2.45) is 11.7 Å². The molecule has 86 valence electrons. The van der Waals surface area contributed by atoms with Gasteiger partial charge in [-0.1, -0.05) is 12.2 Å². The monoisotopic (exact) mass is 235 g/mol. The van der Waals surface area contributed by atoms with Gasteiger partial charge < -0.3 is 11.1 Å². The van der Waals surface area contributed by atoms with E-state index in [1.807, 2.05) is 19.1 Å². The zero-order valence-electron chi connectivity index (χ0n) is 9.66. The SMILES string of the molecule is Cc1cc(C(N)=S)cc(NC(C)C2CC2)n1. The molecule has 2 rings (SSSR count). The van der Waals surface area contributed by atoms with Gasteiger partial charge in [-0.05, 0) is 44.7 Å². The molecule has 0 aromatic carbocycles. The molecule has 1 saturated carbocycles. The van der Waals surface area contributed by atoms with Crippen LogP contribution in [0.2, 0.25) is 0 Å². The number of nitrogens with zero attached hydrogens (tertiary/aromatic N) is 1. The van der Waals surface area contributed by atoms with Gasteiger partial charge in [-0.2, -0.15) is 0 Å². The molecule has 1 aromatic rings. The number of nitrogens with two attached hydrogens (primary N) is 1. The van der Waals surface area contributed by atoms with Crippen molar-refractivity contribution in [3.63, 3.8) is 0 Å². The largest absolute Gasteiger partial charge is 0.389 e. The first-order chi connectivity index (χ1) is 7.56. The molecule has 4 heteroatoms. The maximum atomic E-state index is 5.63. The van der Waals surface area contributed by atoms with Gasteiger partial charge in [-0.3, -0.25) is 0 Å². The quantitative estimate of drug-likeness (QED) is 0.786. The fourth-order valence-electron chi connectivity index (χ4n) is 1.83. The van der Waals surface area contributed by atoms with Gasteiger partial charge in [0.05, 0.1) is 0 Å². The van der Waals surface area contributed by atoms with Gasteiger partial charge in [0.1, 0.15) is 10.8 Å². The van der Waals surface area contributed by atoms with E-state index < -0.39 is 0 Å². The molecule has 1 aliphatic carbocycles. The lowest BCUT2D eigenvalue weighted by Gasteiger charge is -2.14. The van der Waals surface area contributed by atoms with E-state index >= 15 is 0 Å². The van der Waals surface area contributed by atoms with Gasteiger partial charge in [0, 0.05) is 17.3 Å². The molecule has 1 atom stereocenters. The topological polar surface area (TPSA) is 50.9 Å². The van der Waals surface area contributed by atoms with E-state index in [0.29, 0.717) is 11.0 Å². The predicted octanol–water partition coefficient (Wildman–Crippen LogP) is 2.23. The Morgan fingerprint density at radius 2 is 2.25 bits per heavy atom. The van der Waals surface area contributed by atoms with E-state index in [4.69, 9.17) is 18.0 Å². The van der Waals surface area contributed by atoms with Crippen LogP contribution in [0.3, 0.4) is 0 Å². The normalized spacial score (nSPS) is 16.9. The van der Waals surface area contributed by atoms with Crippen LogP contribution >= 0.6 is 12.2 Å². The molecule has 0 amide bonds. The maximum Gasteiger partial charge on any atom is 0.127 e. The summed E-state index contributed by atoms with van der Waals surface area (Å²) in [6.07, 6.45) is 2.64. The molecule has 1 heterocycles. The minimum Gasteiger partial charge on any atom is -0.389 e. The van der Waals surface area contributed by atoms with E-state index in [0.717, 1.165) is 23.0 Å². The Bertz CT molecular complexity index is 413. The number of hydrogen-bond donors (Lipinski definition) is 2. The van der Waals surface area contributed by atoms with Gasteiger partial charge in [0.25, 0.3) is 0 Å². The molecule has 1 fully saturated rings. The molecular formula is C12H17N3S. The van der Waals surface area contributed by atoms with Crippen LogP contribution in [0, 0.1) is 12.8 Å². The van der Waals surface area contributed by atoms with E-state index in [9.17, 15) is 0 Å². The number of aryl methyl sites for hydroxylation is 1. The molecule has 0 spiro atoms. The summed E-state index contributed by atoms with van der Waals surface area (Å²) in [6, 6.07) is 4.32. The maximum absolute atomic E-state index is 5.63. The number of rotatable bonds is 4. The Hall–Kier alpha value is -1.16. The summed E-state index contributed by atoms with van der Waals surface area (Å²) in [5.74, 6) is 1.68. The molecule has 1 unspecified atom stereocenters. The Morgan fingerprint density at radius 3 is 2.81 bits per heavy atom. The highest BCUT2D eigenvalue weighted by atomic mass is 32.1. The third kappa shape index (κ3) is 2.70.